The van der Waals surface area contributed by atoms with Gasteiger partial charge in [0.2, 0.25) is 0 Å². The average Bonchev–Trinajstić information content (AvgIpc) is 3.37. The molecule has 4 nitrogen and oxygen atoms in total. The number of nitrogens with zero attached hydrogens (tertiary/aromatic N) is 2. The Morgan fingerprint density at radius 3 is 2.80 bits per heavy atom. The number of hydrogen-bond acceptors (Lipinski definition) is 4. The summed E-state index contributed by atoms with van der Waals surface area (Å²) in [7, 11) is 0. The van der Waals surface area contributed by atoms with Crippen LogP contribution < -0.4 is 10.9 Å². The van der Waals surface area contributed by atoms with Crippen molar-refractivity contribution in [2.75, 3.05) is 6.54 Å². The minimum Gasteiger partial charge on any atom is -0.312 e. The van der Waals surface area contributed by atoms with E-state index in [1.807, 2.05) is 11.4 Å². The number of hydrogen-bond donors (Lipinski definition) is 1. The van der Waals surface area contributed by atoms with Crippen LogP contribution in [0.5, 0.6) is 0 Å². The Morgan fingerprint density at radius 2 is 2.10 bits per heavy atom. The molecule has 0 aromatic carbocycles. The fourth-order valence-electron chi connectivity index (χ4n) is 3.02. The molecule has 2 aliphatic rings. The van der Waals surface area contributed by atoms with E-state index in [9.17, 15) is 4.79 Å². The Bertz CT molecular complexity index is 657. The molecule has 2 heterocycles. The normalized spacial score (nSPS) is 19.1. The van der Waals surface area contributed by atoms with Crippen molar-refractivity contribution in [3.8, 4) is 0 Å². The lowest BCUT2D eigenvalue weighted by atomic mass is 10.1. The standard InChI is InChI=1S/C15H19N3OS/c19-15-14-12(5-8-20-14)17-9-18(15)7-6-16-13(10-1-2-10)11-3-4-11/h5,8-11,13,16H,1-4,6-7H2. The molecule has 0 radical (unpaired) electrons. The first-order valence-electron chi connectivity index (χ1n) is 7.49. The molecule has 2 saturated carbocycles. The Balaban J connectivity index is 1.42. The molecule has 2 aromatic rings. The highest BCUT2D eigenvalue weighted by atomic mass is 32.1. The lowest BCUT2D eigenvalue weighted by Crippen LogP contribution is -2.36. The third-order valence-electron chi connectivity index (χ3n) is 4.43. The second-order valence-corrected chi connectivity index (χ2v) is 6.95. The van der Waals surface area contributed by atoms with Gasteiger partial charge in [-0.3, -0.25) is 9.36 Å². The number of nitrogens with one attached hydrogen (secondary N) is 1. The van der Waals surface area contributed by atoms with Crippen molar-refractivity contribution >= 4 is 21.6 Å². The van der Waals surface area contributed by atoms with Crippen LogP contribution in [0.3, 0.4) is 0 Å². The topological polar surface area (TPSA) is 46.9 Å². The molecule has 2 aliphatic carbocycles. The molecule has 5 heteroatoms. The molecule has 0 bridgehead atoms. The third-order valence-corrected chi connectivity index (χ3v) is 5.32. The molecule has 106 valence electrons. The van der Waals surface area contributed by atoms with Crippen LogP contribution in [0.2, 0.25) is 0 Å². The second-order valence-electron chi connectivity index (χ2n) is 6.03. The lowest BCUT2D eigenvalue weighted by molar-refractivity contribution is 0.405. The van der Waals surface area contributed by atoms with Gasteiger partial charge in [0.25, 0.3) is 5.56 Å². The predicted molar refractivity (Wildman–Crippen MR) is 81.1 cm³/mol. The predicted octanol–water partition coefficient (Wildman–Crippen LogP) is 2.24. The summed E-state index contributed by atoms with van der Waals surface area (Å²) in [4.78, 5) is 16.6. The summed E-state index contributed by atoms with van der Waals surface area (Å²) in [5, 5.41) is 5.61. The van der Waals surface area contributed by atoms with Gasteiger partial charge >= 0.3 is 0 Å². The van der Waals surface area contributed by atoms with Crippen LogP contribution in [-0.4, -0.2) is 22.1 Å². The van der Waals surface area contributed by atoms with Gasteiger partial charge in [0.15, 0.2) is 0 Å². The van der Waals surface area contributed by atoms with E-state index in [0.717, 1.165) is 35.1 Å². The van der Waals surface area contributed by atoms with Gasteiger partial charge in [-0.15, -0.1) is 11.3 Å². The SMILES string of the molecule is O=c1c2sccc2ncn1CCNC(C1CC1)C1CC1. The summed E-state index contributed by atoms with van der Waals surface area (Å²) in [6, 6.07) is 2.60. The monoisotopic (exact) mass is 289 g/mol. The van der Waals surface area contributed by atoms with Gasteiger partial charge in [-0.2, -0.15) is 0 Å². The Hall–Kier alpha value is -1.20. The maximum absolute atomic E-state index is 12.3. The van der Waals surface area contributed by atoms with E-state index < -0.39 is 0 Å². The number of aromatic nitrogens is 2. The highest BCUT2D eigenvalue weighted by Crippen LogP contribution is 2.44. The van der Waals surface area contributed by atoms with E-state index >= 15 is 0 Å². The largest absolute Gasteiger partial charge is 0.312 e. The summed E-state index contributed by atoms with van der Waals surface area (Å²) < 4.78 is 2.51. The maximum Gasteiger partial charge on any atom is 0.271 e. The van der Waals surface area contributed by atoms with Gasteiger partial charge in [-0.1, -0.05) is 0 Å². The van der Waals surface area contributed by atoms with Crippen molar-refractivity contribution in [2.45, 2.75) is 38.3 Å². The minimum atomic E-state index is 0.0983. The van der Waals surface area contributed by atoms with Crippen molar-refractivity contribution in [1.82, 2.24) is 14.9 Å². The van der Waals surface area contributed by atoms with Crippen molar-refractivity contribution in [3.63, 3.8) is 0 Å². The number of thiophene rings is 1. The first-order chi connectivity index (χ1) is 9.83. The molecule has 4 rings (SSSR count). The van der Waals surface area contributed by atoms with Crippen LogP contribution in [-0.2, 0) is 6.54 Å². The molecule has 2 fully saturated rings. The summed E-state index contributed by atoms with van der Waals surface area (Å²) in [5.74, 6) is 1.80. The first kappa shape index (κ1) is 12.5. The molecule has 0 aliphatic heterocycles. The van der Waals surface area contributed by atoms with Crippen LogP contribution in [0.15, 0.2) is 22.6 Å². The zero-order valence-corrected chi connectivity index (χ0v) is 12.2. The Labute approximate surface area is 121 Å². The molecular weight excluding hydrogens is 270 g/mol. The van der Waals surface area contributed by atoms with Gasteiger partial charge in [0.1, 0.15) is 4.70 Å². The van der Waals surface area contributed by atoms with E-state index in [4.69, 9.17) is 0 Å². The van der Waals surface area contributed by atoms with E-state index in [-0.39, 0.29) is 5.56 Å². The maximum atomic E-state index is 12.3. The fourth-order valence-corrected chi connectivity index (χ4v) is 3.81. The van der Waals surface area contributed by atoms with E-state index in [2.05, 4.69) is 10.3 Å². The zero-order valence-electron chi connectivity index (χ0n) is 11.4. The Morgan fingerprint density at radius 1 is 1.35 bits per heavy atom. The van der Waals surface area contributed by atoms with Crippen LogP contribution >= 0.6 is 11.3 Å². The molecule has 0 atom stereocenters. The summed E-state index contributed by atoms with van der Waals surface area (Å²) in [6.45, 7) is 1.59. The molecule has 20 heavy (non-hydrogen) atoms. The van der Waals surface area contributed by atoms with Crippen LogP contribution in [0.1, 0.15) is 25.7 Å². The summed E-state index contributed by atoms with van der Waals surface area (Å²) >= 11 is 1.48. The van der Waals surface area contributed by atoms with Crippen LogP contribution in [0.25, 0.3) is 10.2 Å². The van der Waals surface area contributed by atoms with Gasteiger partial charge in [-0.05, 0) is 49.0 Å². The summed E-state index contributed by atoms with van der Waals surface area (Å²) in [5.41, 5.74) is 0.916. The van der Waals surface area contributed by atoms with Crippen LogP contribution in [0, 0.1) is 11.8 Å². The third kappa shape index (κ3) is 2.40. The van der Waals surface area contributed by atoms with Crippen LogP contribution in [0.4, 0.5) is 0 Å². The number of rotatable bonds is 6. The van der Waals surface area contributed by atoms with E-state index in [0.29, 0.717) is 6.04 Å². The van der Waals surface area contributed by atoms with Crippen molar-refractivity contribution in [3.05, 3.63) is 28.1 Å². The highest BCUT2D eigenvalue weighted by molar-refractivity contribution is 7.17. The summed E-state index contributed by atoms with van der Waals surface area (Å²) in [6.07, 6.45) is 7.23. The molecule has 2 aromatic heterocycles. The molecular formula is C15H19N3OS. The molecule has 0 amide bonds. The molecule has 0 spiro atoms. The quantitative estimate of drug-likeness (QED) is 0.887. The second kappa shape index (κ2) is 4.97. The zero-order chi connectivity index (χ0) is 13.5. The van der Waals surface area contributed by atoms with Crippen molar-refractivity contribution < 1.29 is 0 Å². The lowest BCUT2D eigenvalue weighted by Gasteiger charge is -2.17. The van der Waals surface area contributed by atoms with Gasteiger partial charge in [0.05, 0.1) is 11.8 Å². The van der Waals surface area contributed by atoms with E-state index in [1.165, 1.54) is 37.0 Å². The molecule has 0 unspecified atom stereocenters. The average molecular weight is 289 g/mol. The van der Waals surface area contributed by atoms with Crippen molar-refractivity contribution in [1.29, 1.82) is 0 Å². The first-order valence-corrected chi connectivity index (χ1v) is 8.37. The van der Waals surface area contributed by atoms with Crippen molar-refractivity contribution in [2.24, 2.45) is 11.8 Å². The fraction of sp³-hybridized carbons (Fsp3) is 0.600. The number of fused-ring (bicyclic) bond motifs is 1. The van der Waals surface area contributed by atoms with Gasteiger partial charge in [0, 0.05) is 19.1 Å². The minimum absolute atomic E-state index is 0.0983. The van der Waals surface area contributed by atoms with Gasteiger partial charge < -0.3 is 5.32 Å². The van der Waals surface area contributed by atoms with Gasteiger partial charge in [-0.25, -0.2) is 4.98 Å². The Kier molecular flexibility index (Phi) is 3.11. The molecule has 0 saturated heterocycles. The smallest absolute Gasteiger partial charge is 0.271 e. The molecule has 1 N–H and O–H groups in total. The highest BCUT2D eigenvalue weighted by Gasteiger charge is 2.40. The van der Waals surface area contributed by atoms with E-state index in [1.54, 1.807) is 10.9 Å².